The van der Waals surface area contributed by atoms with Gasteiger partial charge in [0, 0.05) is 30.4 Å². The van der Waals surface area contributed by atoms with Crippen LogP contribution in [-0.2, 0) is 13.6 Å². The summed E-state index contributed by atoms with van der Waals surface area (Å²) in [4.78, 5) is 0. The van der Waals surface area contributed by atoms with Crippen molar-refractivity contribution in [2.24, 2.45) is 7.05 Å². The molecule has 0 atom stereocenters. The van der Waals surface area contributed by atoms with Crippen molar-refractivity contribution in [1.82, 2.24) is 9.78 Å². The molecule has 0 saturated carbocycles. The molecule has 0 aliphatic carbocycles. The summed E-state index contributed by atoms with van der Waals surface area (Å²) in [6.07, 6.45) is 2.01. The molecule has 0 saturated heterocycles. The van der Waals surface area contributed by atoms with Crippen LogP contribution in [0.25, 0.3) is 0 Å². The molecule has 0 amide bonds. The van der Waals surface area contributed by atoms with E-state index in [0.29, 0.717) is 18.2 Å². The zero-order valence-corrected chi connectivity index (χ0v) is 12.2. The monoisotopic (exact) mass is 279 g/mol. The number of rotatable bonds is 5. The second-order valence-corrected chi connectivity index (χ2v) is 4.78. The van der Waals surface area contributed by atoms with Crippen LogP contribution in [0.2, 0.25) is 5.02 Å². The maximum absolute atomic E-state index is 6.02. The van der Waals surface area contributed by atoms with Crippen molar-refractivity contribution < 1.29 is 4.74 Å². The lowest BCUT2D eigenvalue weighted by Gasteiger charge is -2.12. The first-order valence-corrected chi connectivity index (χ1v) is 6.63. The van der Waals surface area contributed by atoms with E-state index in [1.54, 1.807) is 0 Å². The number of benzene rings is 1. The van der Waals surface area contributed by atoms with Gasteiger partial charge >= 0.3 is 0 Å². The number of anilines is 1. The number of hydrogen-bond donors (Lipinski definition) is 1. The van der Waals surface area contributed by atoms with Crippen molar-refractivity contribution in [3.8, 4) is 5.75 Å². The molecule has 5 heteroatoms. The molecule has 1 aromatic heterocycles. The minimum atomic E-state index is 0.627. The van der Waals surface area contributed by atoms with E-state index in [-0.39, 0.29) is 0 Å². The molecule has 0 spiro atoms. The van der Waals surface area contributed by atoms with E-state index in [1.807, 2.05) is 50.0 Å². The summed E-state index contributed by atoms with van der Waals surface area (Å²) in [5, 5.41) is 8.35. The second-order valence-electron chi connectivity index (χ2n) is 4.34. The Labute approximate surface area is 118 Å². The summed E-state index contributed by atoms with van der Waals surface area (Å²) in [5.41, 5.74) is 3.08. The first kappa shape index (κ1) is 13.7. The average molecular weight is 280 g/mol. The fraction of sp³-hybridized carbons (Fsp3) is 0.357. The van der Waals surface area contributed by atoms with Crippen LogP contribution in [-0.4, -0.2) is 16.4 Å². The molecule has 2 aromatic rings. The predicted octanol–water partition coefficient (Wildman–Crippen LogP) is 3.39. The highest BCUT2D eigenvalue weighted by Gasteiger charge is 2.07. The lowest BCUT2D eigenvalue weighted by molar-refractivity contribution is 0.341. The fourth-order valence-corrected chi connectivity index (χ4v) is 2.11. The predicted molar refractivity (Wildman–Crippen MR) is 77.9 cm³/mol. The maximum Gasteiger partial charge on any atom is 0.142 e. The molecule has 4 nitrogen and oxygen atoms in total. The first-order chi connectivity index (χ1) is 9.10. The minimum absolute atomic E-state index is 0.627. The Balaban J connectivity index is 2.14. The number of hydrogen-bond acceptors (Lipinski definition) is 3. The third-order valence-electron chi connectivity index (χ3n) is 2.83. The van der Waals surface area contributed by atoms with Crippen LogP contribution in [0.3, 0.4) is 0 Å². The van der Waals surface area contributed by atoms with E-state index in [4.69, 9.17) is 16.3 Å². The Morgan fingerprint density at radius 3 is 2.84 bits per heavy atom. The smallest absolute Gasteiger partial charge is 0.142 e. The summed E-state index contributed by atoms with van der Waals surface area (Å²) < 4.78 is 7.39. The fourth-order valence-electron chi connectivity index (χ4n) is 1.93. The number of nitrogens with one attached hydrogen (secondary N) is 1. The highest BCUT2D eigenvalue weighted by atomic mass is 35.5. The summed E-state index contributed by atoms with van der Waals surface area (Å²) in [6, 6.07) is 5.58. The van der Waals surface area contributed by atoms with E-state index >= 15 is 0 Å². The Bertz CT molecular complexity index is 566. The van der Waals surface area contributed by atoms with E-state index in [1.165, 1.54) is 0 Å². The maximum atomic E-state index is 6.02. The molecule has 0 unspecified atom stereocenters. The van der Waals surface area contributed by atoms with E-state index in [0.717, 1.165) is 22.7 Å². The molecule has 0 fully saturated rings. The molecule has 0 aliphatic heterocycles. The minimum Gasteiger partial charge on any atom is -0.492 e. The summed E-state index contributed by atoms with van der Waals surface area (Å²) in [5.74, 6) is 0.813. The van der Waals surface area contributed by atoms with Gasteiger partial charge in [0.25, 0.3) is 0 Å². The Kier molecular flexibility index (Phi) is 4.32. The molecular formula is C14H18ClN3O. The van der Waals surface area contributed by atoms with E-state index in [9.17, 15) is 0 Å². The third kappa shape index (κ3) is 3.41. The molecule has 0 bridgehead atoms. The Hall–Kier alpha value is -1.68. The number of halogens is 1. The first-order valence-electron chi connectivity index (χ1n) is 6.25. The zero-order chi connectivity index (χ0) is 13.8. The van der Waals surface area contributed by atoms with Crippen molar-refractivity contribution in [2.75, 3.05) is 11.9 Å². The molecule has 1 aromatic carbocycles. The Morgan fingerprint density at radius 2 is 2.21 bits per heavy atom. The average Bonchev–Trinajstić information content (AvgIpc) is 2.68. The highest BCUT2D eigenvalue weighted by molar-refractivity contribution is 6.30. The SMILES string of the molecule is CCOc1ccc(Cl)cc1NCc1cn(C)nc1C. The van der Waals surface area contributed by atoms with Crippen molar-refractivity contribution in [3.63, 3.8) is 0 Å². The van der Waals surface area contributed by atoms with Gasteiger partial charge in [-0.2, -0.15) is 5.10 Å². The number of aryl methyl sites for hydroxylation is 2. The van der Waals surface area contributed by atoms with Crippen LogP contribution in [0, 0.1) is 6.92 Å². The lowest BCUT2D eigenvalue weighted by Crippen LogP contribution is -2.03. The molecule has 0 radical (unpaired) electrons. The molecule has 1 heterocycles. The number of nitrogens with zero attached hydrogens (tertiary/aromatic N) is 2. The highest BCUT2D eigenvalue weighted by Crippen LogP contribution is 2.28. The van der Waals surface area contributed by atoms with Gasteiger partial charge < -0.3 is 10.1 Å². The van der Waals surface area contributed by atoms with E-state index < -0.39 is 0 Å². The van der Waals surface area contributed by atoms with Crippen LogP contribution in [0.15, 0.2) is 24.4 Å². The van der Waals surface area contributed by atoms with Gasteiger partial charge in [0.1, 0.15) is 5.75 Å². The van der Waals surface area contributed by atoms with Gasteiger partial charge in [-0.1, -0.05) is 11.6 Å². The summed E-state index contributed by atoms with van der Waals surface area (Å²) in [7, 11) is 1.92. The molecular weight excluding hydrogens is 262 g/mol. The summed E-state index contributed by atoms with van der Waals surface area (Å²) in [6.45, 7) is 5.28. The third-order valence-corrected chi connectivity index (χ3v) is 3.06. The van der Waals surface area contributed by atoms with Crippen LogP contribution in [0.4, 0.5) is 5.69 Å². The van der Waals surface area contributed by atoms with E-state index in [2.05, 4.69) is 10.4 Å². The number of ether oxygens (including phenoxy) is 1. The molecule has 1 N–H and O–H groups in total. The Morgan fingerprint density at radius 1 is 1.42 bits per heavy atom. The van der Waals surface area contributed by atoms with Crippen LogP contribution in [0.1, 0.15) is 18.2 Å². The van der Waals surface area contributed by atoms with Gasteiger partial charge in [-0.3, -0.25) is 4.68 Å². The number of aromatic nitrogens is 2. The summed E-state index contributed by atoms with van der Waals surface area (Å²) >= 11 is 6.02. The van der Waals surface area contributed by atoms with Crippen molar-refractivity contribution in [3.05, 3.63) is 40.7 Å². The standard InChI is InChI=1S/C14H18ClN3O/c1-4-19-14-6-5-12(15)7-13(14)16-8-11-9-18(3)17-10(11)2/h5-7,9,16H,4,8H2,1-3H3. The quantitative estimate of drug-likeness (QED) is 0.912. The topological polar surface area (TPSA) is 39.1 Å². The van der Waals surface area contributed by atoms with Gasteiger partial charge in [0.2, 0.25) is 0 Å². The van der Waals surface area contributed by atoms with Gasteiger partial charge in [0.05, 0.1) is 18.0 Å². The van der Waals surface area contributed by atoms with Crippen molar-refractivity contribution in [2.45, 2.75) is 20.4 Å². The van der Waals surface area contributed by atoms with Gasteiger partial charge in [-0.05, 0) is 32.0 Å². The van der Waals surface area contributed by atoms with Gasteiger partial charge in [0.15, 0.2) is 0 Å². The zero-order valence-electron chi connectivity index (χ0n) is 11.4. The second kappa shape index (κ2) is 5.97. The molecule has 102 valence electrons. The van der Waals surface area contributed by atoms with Crippen molar-refractivity contribution in [1.29, 1.82) is 0 Å². The van der Waals surface area contributed by atoms with Gasteiger partial charge in [-0.15, -0.1) is 0 Å². The lowest BCUT2D eigenvalue weighted by atomic mass is 10.2. The van der Waals surface area contributed by atoms with Gasteiger partial charge in [-0.25, -0.2) is 0 Å². The van der Waals surface area contributed by atoms with Crippen LogP contribution < -0.4 is 10.1 Å². The molecule has 0 aliphatic rings. The van der Waals surface area contributed by atoms with Crippen LogP contribution in [0.5, 0.6) is 5.75 Å². The van der Waals surface area contributed by atoms with Crippen molar-refractivity contribution >= 4 is 17.3 Å². The van der Waals surface area contributed by atoms with Crippen LogP contribution >= 0.6 is 11.6 Å². The largest absolute Gasteiger partial charge is 0.492 e. The normalized spacial score (nSPS) is 10.5. The molecule has 19 heavy (non-hydrogen) atoms. The molecule has 2 rings (SSSR count).